The average molecular weight is 465 g/mol. The number of halogens is 3. The monoisotopic (exact) mass is 463 g/mol. The van der Waals surface area contributed by atoms with Crippen LogP contribution in [0.5, 0.6) is 11.5 Å². The predicted molar refractivity (Wildman–Crippen MR) is 104 cm³/mol. The molecule has 2 aromatic rings. The number of carboxylic acids is 1. The highest BCUT2D eigenvalue weighted by Crippen LogP contribution is 2.37. The minimum Gasteiger partial charge on any atom is -0.545 e. The van der Waals surface area contributed by atoms with Gasteiger partial charge in [-0.3, -0.25) is 0 Å². The first kappa shape index (κ1) is 21.2. The summed E-state index contributed by atoms with van der Waals surface area (Å²) in [5.41, 5.74) is -0.452. The summed E-state index contributed by atoms with van der Waals surface area (Å²) in [6.07, 6.45) is 0. The molecule has 0 saturated carbocycles. The molecule has 7 nitrogen and oxygen atoms in total. The van der Waals surface area contributed by atoms with Crippen LogP contribution >= 0.6 is 34.8 Å². The Morgan fingerprint density at radius 1 is 1.04 bits per heavy atom. The quantitative estimate of drug-likeness (QED) is 0.729. The minimum absolute atomic E-state index is 0.146. The SMILES string of the molecule is O=C([O-])c1cc(S(=O)(=O)N2CCNCC2)c(Oc2cc(Cl)cc(Cl)c2)cc1Cl. The first-order valence-electron chi connectivity index (χ1n) is 8.08. The lowest BCUT2D eigenvalue weighted by atomic mass is 10.2. The van der Waals surface area contributed by atoms with E-state index in [1.54, 1.807) is 0 Å². The van der Waals surface area contributed by atoms with Crippen molar-refractivity contribution in [2.24, 2.45) is 0 Å². The van der Waals surface area contributed by atoms with Crippen LogP contribution in [0.25, 0.3) is 0 Å². The van der Waals surface area contributed by atoms with Gasteiger partial charge in [0.15, 0.2) is 0 Å². The van der Waals surface area contributed by atoms with Crippen LogP contribution in [0.3, 0.4) is 0 Å². The number of hydrogen-bond donors (Lipinski definition) is 1. The summed E-state index contributed by atoms with van der Waals surface area (Å²) in [6.45, 7) is 1.41. The number of carboxylic acid groups (broad SMARTS) is 1. The lowest BCUT2D eigenvalue weighted by molar-refractivity contribution is -0.255. The van der Waals surface area contributed by atoms with Crippen LogP contribution < -0.4 is 15.2 Å². The van der Waals surface area contributed by atoms with Crippen LogP contribution in [-0.4, -0.2) is 44.9 Å². The van der Waals surface area contributed by atoms with Crippen LogP contribution in [-0.2, 0) is 10.0 Å². The van der Waals surface area contributed by atoms with Gasteiger partial charge in [-0.05, 0) is 24.3 Å². The summed E-state index contributed by atoms with van der Waals surface area (Å²) < 4.78 is 33.2. The molecule has 0 spiro atoms. The van der Waals surface area contributed by atoms with Gasteiger partial charge in [0, 0.05) is 47.9 Å². The van der Waals surface area contributed by atoms with Gasteiger partial charge in [-0.2, -0.15) is 4.31 Å². The van der Waals surface area contributed by atoms with Crippen molar-refractivity contribution < 1.29 is 23.1 Å². The van der Waals surface area contributed by atoms with Crippen molar-refractivity contribution in [2.75, 3.05) is 26.2 Å². The maximum absolute atomic E-state index is 13.1. The molecule has 1 saturated heterocycles. The zero-order valence-corrected chi connectivity index (χ0v) is 17.3. The number of ether oxygens (including phenoxy) is 1. The van der Waals surface area contributed by atoms with E-state index in [0.717, 1.165) is 12.1 Å². The summed E-state index contributed by atoms with van der Waals surface area (Å²) in [4.78, 5) is 11.0. The minimum atomic E-state index is -4.05. The Morgan fingerprint density at radius 3 is 2.21 bits per heavy atom. The van der Waals surface area contributed by atoms with E-state index in [1.165, 1.54) is 22.5 Å². The van der Waals surface area contributed by atoms with Crippen molar-refractivity contribution in [1.29, 1.82) is 0 Å². The van der Waals surface area contributed by atoms with E-state index in [-0.39, 0.29) is 44.6 Å². The second-order valence-corrected chi connectivity index (χ2v) is 9.11. The van der Waals surface area contributed by atoms with Crippen LogP contribution in [0.1, 0.15) is 10.4 Å². The molecule has 3 rings (SSSR count). The molecular formula is C17H14Cl3N2O5S-. The van der Waals surface area contributed by atoms with Crippen LogP contribution in [0.15, 0.2) is 35.2 Å². The molecule has 11 heteroatoms. The zero-order valence-electron chi connectivity index (χ0n) is 14.2. The second kappa shape index (κ2) is 8.44. The van der Waals surface area contributed by atoms with E-state index in [0.29, 0.717) is 13.1 Å². The molecule has 1 N–H and O–H groups in total. The number of benzene rings is 2. The molecule has 0 radical (unpaired) electrons. The van der Waals surface area contributed by atoms with Crippen molar-refractivity contribution in [2.45, 2.75) is 4.90 Å². The third kappa shape index (κ3) is 4.53. The summed E-state index contributed by atoms with van der Waals surface area (Å²) >= 11 is 17.9. The van der Waals surface area contributed by atoms with E-state index < -0.39 is 21.6 Å². The topological polar surface area (TPSA) is 98.8 Å². The van der Waals surface area contributed by atoms with Gasteiger partial charge in [-0.1, -0.05) is 34.8 Å². The summed E-state index contributed by atoms with van der Waals surface area (Å²) in [7, 11) is -4.05. The van der Waals surface area contributed by atoms with Gasteiger partial charge in [-0.15, -0.1) is 0 Å². The average Bonchev–Trinajstić information content (AvgIpc) is 2.61. The number of carbonyl (C=O) groups excluding carboxylic acids is 1. The maximum atomic E-state index is 13.1. The number of nitrogens with zero attached hydrogens (tertiary/aromatic N) is 1. The largest absolute Gasteiger partial charge is 0.545 e. The van der Waals surface area contributed by atoms with E-state index in [9.17, 15) is 18.3 Å². The van der Waals surface area contributed by atoms with Crippen LogP contribution in [0.2, 0.25) is 15.1 Å². The highest BCUT2D eigenvalue weighted by molar-refractivity contribution is 7.89. The fourth-order valence-electron chi connectivity index (χ4n) is 2.71. The van der Waals surface area contributed by atoms with Crippen LogP contribution in [0.4, 0.5) is 0 Å². The zero-order chi connectivity index (χ0) is 20.5. The molecule has 150 valence electrons. The van der Waals surface area contributed by atoms with Gasteiger partial charge in [0.05, 0.1) is 11.0 Å². The highest BCUT2D eigenvalue weighted by atomic mass is 35.5. The third-order valence-corrected chi connectivity index (χ3v) is 6.68. The van der Waals surface area contributed by atoms with Crippen molar-refractivity contribution in [3.05, 3.63) is 51.0 Å². The Hall–Kier alpha value is -1.55. The van der Waals surface area contributed by atoms with Gasteiger partial charge >= 0.3 is 0 Å². The molecule has 0 amide bonds. The first-order chi connectivity index (χ1) is 13.2. The maximum Gasteiger partial charge on any atom is 0.246 e. The summed E-state index contributed by atoms with van der Waals surface area (Å²) in [5, 5.41) is 14.7. The van der Waals surface area contributed by atoms with Crippen LogP contribution in [0, 0.1) is 0 Å². The molecule has 1 fully saturated rings. The van der Waals surface area contributed by atoms with Gasteiger partial charge in [0.2, 0.25) is 10.0 Å². The van der Waals surface area contributed by atoms with Gasteiger partial charge in [0.25, 0.3) is 0 Å². The third-order valence-electron chi connectivity index (χ3n) is 4.01. The Kier molecular flexibility index (Phi) is 6.38. The molecular weight excluding hydrogens is 451 g/mol. The number of nitrogens with one attached hydrogen (secondary N) is 1. The number of carbonyl (C=O) groups is 1. The normalized spacial score (nSPS) is 15.4. The Morgan fingerprint density at radius 2 is 1.64 bits per heavy atom. The summed E-state index contributed by atoms with van der Waals surface area (Å²) in [6, 6.07) is 6.43. The predicted octanol–water partition coefficient (Wildman–Crippen LogP) is 2.40. The fourth-order valence-corrected chi connectivity index (χ4v) is 5.01. The highest BCUT2D eigenvalue weighted by Gasteiger charge is 2.30. The number of hydrogen-bond acceptors (Lipinski definition) is 6. The van der Waals surface area contributed by atoms with E-state index in [1.807, 2.05) is 0 Å². The fraction of sp³-hybridized carbons (Fsp3) is 0.235. The van der Waals surface area contributed by atoms with Crippen molar-refractivity contribution in [1.82, 2.24) is 9.62 Å². The second-order valence-electron chi connectivity index (χ2n) is 5.93. The smallest absolute Gasteiger partial charge is 0.246 e. The summed E-state index contributed by atoms with van der Waals surface area (Å²) in [5.74, 6) is -1.57. The van der Waals surface area contributed by atoms with Gasteiger partial charge in [0.1, 0.15) is 16.4 Å². The van der Waals surface area contributed by atoms with Crippen molar-refractivity contribution >= 4 is 50.8 Å². The first-order valence-corrected chi connectivity index (χ1v) is 10.7. The number of piperazine rings is 1. The van der Waals surface area contributed by atoms with Crippen molar-refractivity contribution in [3.63, 3.8) is 0 Å². The van der Waals surface area contributed by atoms with E-state index in [2.05, 4.69) is 5.32 Å². The van der Waals surface area contributed by atoms with Gasteiger partial charge in [-0.25, -0.2) is 8.42 Å². The molecule has 0 atom stereocenters. The number of aromatic carboxylic acids is 1. The molecule has 0 aliphatic carbocycles. The molecule has 0 unspecified atom stereocenters. The molecule has 1 aliphatic heterocycles. The van der Waals surface area contributed by atoms with E-state index >= 15 is 0 Å². The number of sulfonamides is 1. The molecule has 1 aliphatic rings. The molecule has 1 heterocycles. The molecule has 28 heavy (non-hydrogen) atoms. The lowest BCUT2D eigenvalue weighted by Gasteiger charge is -2.27. The Balaban J connectivity index is 2.12. The Labute approximate surface area is 176 Å². The Bertz CT molecular complexity index is 1000. The van der Waals surface area contributed by atoms with Gasteiger partial charge < -0.3 is 20.0 Å². The molecule has 0 bridgehead atoms. The lowest BCUT2D eigenvalue weighted by Crippen LogP contribution is -2.46. The van der Waals surface area contributed by atoms with Crippen molar-refractivity contribution in [3.8, 4) is 11.5 Å². The number of rotatable bonds is 5. The standard InChI is InChI=1S/C17H15Cl3N2O5S/c18-10-5-11(19)7-12(6-10)27-15-9-14(20)13(17(23)24)8-16(15)28(25,26)22-3-1-21-2-4-22/h5-9,21H,1-4H2,(H,23,24)/p-1. The molecule has 2 aromatic carbocycles. The molecule has 0 aromatic heterocycles. The van der Waals surface area contributed by atoms with E-state index in [4.69, 9.17) is 39.5 Å².